The highest BCUT2D eigenvalue weighted by Crippen LogP contribution is 2.34. The molecule has 164 valence electrons. The van der Waals surface area contributed by atoms with Crippen LogP contribution in [0.15, 0.2) is 24.5 Å². The Labute approximate surface area is 189 Å². The molecule has 0 unspecified atom stereocenters. The van der Waals surface area contributed by atoms with Gasteiger partial charge in [0.15, 0.2) is 0 Å². The monoisotopic (exact) mass is 465 g/mol. The van der Waals surface area contributed by atoms with Gasteiger partial charge in [-0.15, -0.1) is 0 Å². The van der Waals surface area contributed by atoms with Crippen LogP contribution in [0.2, 0.25) is 10.2 Å². The summed E-state index contributed by atoms with van der Waals surface area (Å²) < 4.78 is 10.6. The van der Waals surface area contributed by atoms with Crippen molar-refractivity contribution in [3.63, 3.8) is 0 Å². The van der Waals surface area contributed by atoms with Crippen LogP contribution in [0, 0.1) is 0 Å². The van der Waals surface area contributed by atoms with Crippen molar-refractivity contribution in [1.29, 1.82) is 0 Å². The third-order valence-electron chi connectivity index (χ3n) is 5.08. The van der Waals surface area contributed by atoms with E-state index in [1.54, 1.807) is 17.9 Å². The maximum atomic E-state index is 13.1. The third kappa shape index (κ3) is 4.53. The second kappa shape index (κ2) is 9.25. The number of ether oxygens (including phenoxy) is 2. The molecule has 0 bridgehead atoms. The topological polar surface area (TPSA) is 88.1 Å². The van der Waals surface area contributed by atoms with Crippen molar-refractivity contribution < 1.29 is 19.1 Å². The normalized spacial score (nSPS) is 16.7. The maximum absolute atomic E-state index is 13.1. The number of hydrogen-bond donors (Lipinski definition) is 0. The van der Waals surface area contributed by atoms with Gasteiger partial charge in [-0.3, -0.25) is 14.5 Å². The van der Waals surface area contributed by atoms with Gasteiger partial charge in [0, 0.05) is 18.8 Å². The largest absolute Gasteiger partial charge is 0.475 e. The summed E-state index contributed by atoms with van der Waals surface area (Å²) in [7, 11) is 0. The first-order chi connectivity index (χ1) is 15.0. The molecule has 2 aromatic rings. The van der Waals surface area contributed by atoms with Crippen LogP contribution in [0.4, 0.5) is 11.4 Å². The molecule has 0 radical (unpaired) electrons. The van der Waals surface area contributed by atoms with Crippen molar-refractivity contribution in [2.75, 3.05) is 55.9 Å². The highest BCUT2D eigenvalue weighted by atomic mass is 35.5. The van der Waals surface area contributed by atoms with Crippen molar-refractivity contribution in [2.45, 2.75) is 6.92 Å². The quantitative estimate of drug-likeness (QED) is 0.491. The number of esters is 1. The fraction of sp³-hybridized carbons (Fsp3) is 0.400. The van der Waals surface area contributed by atoms with Crippen LogP contribution in [0.5, 0.6) is 5.88 Å². The summed E-state index contributed by atoms with van der Waals surface area (Å²) in [5, 5.41) is 0.549. The molecule has 1 aromatic heterocycles. The zero-order valence-corrected chi connectivity index (χ0v) is 18.4. The molecule has 1 saturated heterocycles. The summed E-state index contributed by atoms with van der Waals surface area (Å²) in [5.41, 5.74) is 1.59. The minimum Gasteiger partial charge on any atom is -0.475 e. The SMILES string of the molecule is CCOC(=O)CN1CCN(c2ccc(N3CCOc4ncnc(Cl)c4C3=O)cc2Cl)C1. The predicted octanol–water partition coefficient (Wildman–Crippen LogP) is 2.47. The lowest BCUT2D eigenvalue weighted by Crippen LogP contribution is -2.33. The number of carbonyl (C=O) groups is 2. The molecule has 1 amide bonds. The molecule has 0 atom stereocenters. The van der Waals surface area contributed by atoms with Crippen LogP contribution >= 0.6 is 23.2 Å². The molecule has 1 aromatic carbocycles. The molecule has 1 fully saturated rings. The first-order valence-electron chi connectivity index (χ1n) is 9.85. The zero-order valence-electron chi connectivity index (χ0n) is 16.9. The fourth-order valence-corrected chi connectivity index (χ4v) is 4.13. The van der Waals surface area contributed by atoms with E-state index in [4.69, 9.17) is 32.7 Å². The van der Waals surface area contributed by atoms with Gasteiger partial charge >= 0.3 is 5.97 Å². The lowest BCUT2D eigenvalue weighted by atomic mass is 10.2. The Balaban J connectivity index is 1.51. The summed E-state index contributed by atoms with van der Waals surface area (Å²) >= 11 is 12.7. The van der Waals surface area contributed by atoms with Gasteiger partial charge in [-0.25, -0.2) is 9.97 Å². The number of aromatic nitrogens is 2. The van der Waals surface area contributed by atoms with Crippen molar-refractivity contribution in [1.82, 2.24) is 14.9 Å². The Morgan fingerprint density at radius 3 is 2.84 bits per heavy atom. The van der Waals surface area contributed by atoms with Gasteiger partial charge in [0.2, 0.25) is 5.88 Å². The van der Waals surface area contributed by atoms with Crippen LogP contribution in [0.3, 0.4) is 0 Å². The number of nitrogens with zero attached hydrogens (tertiary/aromatic N) is 5. The second-order valence-corrected chi connectivity index (χ2v) is 7.81. The first kappa shape index (κ1) is 21.6. The Bertz CT molecular complexity index is 1010. The molecule has 2 aliphatic rings. The number of amides is 1. The molecule has 0 aliphatic carbocycles. The number of halogens is 2. The van der Waals surface area contributed by atoms with E-state index >= 15 is 0 Å². The Morgan fingerprint density at radius 2 is 2.06 bits per heavy atom. The predicted molar refractivity (Wildman–Crippen MR) is 116 cm³/mol. The minimum absolute atomic E-state index is 0.0448. The third-order valence-corrected chi connectivity index (χ3v) is 5.67. The Morgan fingerprint density at radius 1 is 1.23 bits per heavy atom. The fourth-order valence-electron chi connectivity index (χ4n) is 3.63. The van der Waals surface area contributed by atoms with Crippen LogP contribution in [0.1, 0.15) is 17.3 Å². The molecular weight excluding hydrogens is 445 g/mol. The van der Waals surface area contributed by atoms with Gasteiger partial charge in [0.05, 0.1) is 37.1 Å². The standard InChI is InChI=1S/C20H21Cl2N5O4/c1-2-30-16(28)10-25-5-6-26(12-25)15-4-3-13(9-14(15)21)27-7-8-31-19-17(20(27)29)18(22)23-11-24-19/h3-4,9,11H,2,5-8,10,12H2,1H3. The summed E-state index contributed by atoms with van der Waals surface area (Å²) in [4.78, 5) is 38.3. The van der Waals surface area contributed by atoms with Gasteiger partial charge in [0.1, 0.15) is 23.7 Å². The van der Waals surface area contributed by atoms with E-state index in [0.29, 0.717) is 30.5 Å². The first-order valence-corrected chi connectivity index (χ1v) is 10.6. The van der Waals surface area contributed by atoms with Gasteiger partial charge in [-0.05, 0) is 25.1 Å². The molecule has 2 aliphatic heterocycles. The van der Waals surface area contributed by atoms with Crippen LogP contribution in [-0.2, 0) is 9.53 Å². The van der Waals surface area contributed by atoms with Crippen LogP contribution in [-0.4, -0.2) is 72.8 Å². The van der Waals surface area contributed by atoms with Crippen molar-refractivity contribution in [2.24, 2.45) is 0 Å². The van der Waals surface area contributed by atoms with Crippen molar-refractivity contribution in [3.05, 3.63) is 40.3 Å². The van der Waals surface area contributed by atoms with Crippen LogP contribution in [0.25, 0.3) is 0 Å². The number of hydrogen-bond acceptors (Lipinski definition) is 8. The van der Waals surface area contributed by atoms with E-state index in [1.165, 1.54) is 6.33 Å². The Kier molecular flexibility index (Phi) is 6.45. The summed E-state index contributed by atoms with van der Waals surface area (Å²) in [6.07, 6.45) is 1.26. The minimum atomic E-state index is -0.344. The zero-order chi connectivity index (χ0) is 22.0. The van der Waals surface area contributed by atoms with Gasteiger partial charge < -0.3 is 19.3 Å². The summed E-state index contributed by atoms with van der Waals surface area (Å²) in [6.45, 7) is 5.00. The van der Waals surface area contributed by atoms with E-state index in [2.05, 4.69) is 14.9 Å². The molecule has 9 nitrogen and oxygen atoms in total. The van der Waals surface area contributed by atoms with Crippen LogP contribution < -0.4 is 14.5 Å². The number of carbonyl (C=O) groups excluding carboxylic acids is 2. The average Bonchev–Trinajstić information content (AvgIpc) is 3.11. The molecule has 0 spiro atoms. The lowest BCUT2D eigenvalue weighted by Gasteiger charge is -2.24. The van der Waals surface area contributed by atoms with E-state index in [9.17, 15) is 9.59 Å². The van der Waals surface area contributed by atoms with Gasteiger partial charge in [-0.1, -0.05) is 23.2 Å². The van der Waals surface area contributed by atoms with E-state index in [-0.39, 0.29) is 41.6 Å². The number of anilines is 2. The molecule has 31 heavy (non-hydrogen) atoms. The molecule has 0 saturated carbocycles. The summed E-state index contributed by atoms with van der Waals surface area (Å²) in [5.74, 6) is -0.409. The number of benzene rings is 1. The van der Waals surface area contributed by atoms with Gasteiger partial charge in [0.25, 0.3) is 5.91 Å². The summed E-state index contributed by atoms with van der Waals surface area (Å²) in [6, 6.07) is 5.44. The molecular formula is C20H21Cl2N5O4. The van der Waals surface area contributed by atoms with E-state index in [0.717, 1.165) is 18.8 Å². The van der Waals surface area contributed by atoms with E-state index in [1.807, 2.05) is 17.0 Å². The average molecular weight is 466 g/mol. The lowest BCUT2D eigenvalue weighted by molar-refractivity contribution is -0.144. The highest BCUT2D eigenvalue weighted by molar-refractivity contribution is 6.34. The number of rotatable bonds is 5. The Hall–Kier alpha value is -2.62. The molecule has 4 rings (SSSR count). The maximum Gasteiger partial charge on any atom is 0.320 e. The molecule has 3 heterocycles. The van der Waals surface area contributed by atoms with Crippen molar-refractivity contribution in [3.8, 4) is 5.88 Å². The molecule has 0 N–H and O–H groups in total. The van der Waals surface area contributed by atoms with Crippen molar-refractivity contribution >= 4 is 46.5 Å². The van der Waals surface area contributed by atoms with E-state index < -0.39 is 0 Å². The highest BCUT2D eigenvalue weighted by Gasteiger charge is 2.30. The number of fused-ring (bicyclic) bond motifs is 1. The molecule has 11 heteroatoms. The smallest absolute Gasteiger partial charge is 0.320 e. The van der Waals surface area contributed by atoms with Gasteiger partial charge in [-0.2, -0.15) is 0 Å². The second-order valence-electron chi connectivity index (χ2n) is 7.05.